The van der Waals surface area contributed by atoms with Crippen molar-refractivity contribution >= 4 is 16.6 Å². The minimum absolute atomic E-state index is 0.0503. The second-order valence-corrected chi connectivity index (χ2v) is 8.99. The van der Waals surface area contributed by atoms with Crippen molar-refractivity contribution in [2.24, 2.45) is 7.05 Å². The zero-order valence-electron chi connectivity index (χ0n) is 19.3. The summed E-state index contributed by atoms with van der Waals surface area (Å²) < 4.78 is 8.22. The van der Waals surface area contributed by atoms with Gasteiger partial charge < -0.3 is 9.30 Å². The molecule has 2 aromatic carbocycles. The smallest absolute Gasteiger partial charge is 0.168 e. The SMILES string of the molecule is Cc1ncc(-c2ccc3cnc(CC(=O)c4cccc(OC5CCCCC5)c4)cc3c2)n1C. The number of carbonyl (C=O) groups is 1. The number of ether oxygens (including phenoxy) is 1. The maximum absolute atomic E-state index is 13.0. The van der Waals surface area contributed by atoms with E-state index in [0.29, 0.717) is 5.56 Å². The Bertz CT molecular complexity index is 1300. The Balaban J connectivity index is 1.34. The first-order chi connectivity index (χ1) is 16.1. The molecular formula is C28H29N3O2. The number of benzene rings is 2. The summed E-state index contributed by atoms with van der Waals surface area (Å²) in [6.07, 6.45) is 10.2. The first-order valence-electron chi connectivity index (χ1n) is 11.7. The first-order valence-corrected chi connectivity index (χ1v) is 11.7. The van der Waals surface area contributed by atoms with Crippen LogP contribution in [0.25, 0.3) is 22.0 Å². The third-order valence-corrected chi connectivity index (χ3v) is 6.65. The molecule has 0 spiro atoms. The molecule has 0 saturated heterocycles. The van der Waals surface area contributed by atoms with E-state index in [0.717, 1.165) is 52.1 Å². The van der Waals surface area contributed by atoms with Gasteiger partial charge in [0.05, 0.1) is 24.4 Å². The average molecular weight is 440 g/mol. The number of aryl methyl sites for hydroxylation is 1. The molecule has 2 aromatic heterocycles. The van der Waals surface area contributed by atoms with Crippen LogP contribution in [-0.2, 0) is 13.5 Å². The van der Waals surface area contributed by atoms with E-state index in [-0.39, 0.29) is 18.3 Å². The van der Waals surface area contributed by atoms with E-state index < -0.39 is 0 Å². The highest BCUT2D eigenvalue weighted by Crippen LogP contribution is 2.26. The lowest BCUT2D eigenvalue weighted by molar-refractivity contribution is 0.0990. The highest BCUT2D eigenvalue weighted by Gasteiger charge is 2.16. The molecule has 0 atom stereocenters. The van der Waals surface area contributed by atoms with E-state index in [1.54, 1.807) is 0 Å². The molecule has 0 radical (unpaired) electrons. The molecule has 5 heteroatoms. The predicted octanol–water partition coefficient (Wildman–Crippen LogP) is 6.08. The number of hydrogen-bond acceptors (Lipinski definition) is 4. The zero-order valence-corrected chi connectivity index (χ0v) is 19.3. The summed E-state index contributed by atoms with van der Waals surface area (Å²) in [5.74, 6) is 1.81. The summed E-state index contributed by atoms with van der Waals surface area (Å²) in [6, 6.07) is 15.9. The molecule has 0 N–H and O–H groups in total. The second-order valence-electron chi connectivity index (χ2n) is 8.99. The number of hydrogen-bond donors (Lipinski definition) is 0. The van der Waals surface area contributed by atoms with Gasteiger partial charge in [0.25, 0.3) is 0 Å². The molecule has 4 aromatic rings. The maximum Gasteiger partial charge on any atom is 0.168 e. The van der Waals surface area contributed by atoms with Crippen molar-refractivity contribution in [3.05, 3.63) is 78.0 Å². The van der Waals surface area contributed by atoms with Gasteiger partial charge in [-0.2, -0.15) is 0 Å². The summed E-state index contributed by atoms with van der Waals surface area (Å²) >= 11 is 0. The van der Waals surface area contributed by atoms with E-state index in [2.05, 4.69) is 32.7 Å². The van der Waals surface area contributed by atoms with E-state index in [1.165, 1.54) is 19.3 Å². The number of rotatable bonds is 6. The summed E-state index contributed by atoms with van der Waals surface area (Å²) in [5, 5.41) is 2.12. The van der Waals surface area contributed by atoms with Crippen LogP contribution in [0.1, 0.15) is 54.0 Å². The van der Waals surface area contributed by atoms with Gasteiger partial charge in [-0.1, -0.05) is 30.7 Å². The highest BCUT2D eigenvalue weighted by atomic mass is 16.5. The quantitative estimate of drug-likeness (QED) is 0.342. The number of Topliss-reactive ketones (excluding diaryl/α,β-unsaturated/α-hetero) is 1. The van der Waals surface area contributed by atoms with Gasteiger partial charge in [-0.3, -0.25) is 9.78 Å². The molecule has 0 unspecified atom stereocenters. The molecule has 1 fully saturated rings. The molecule has 1 aliphatic carbocycles. The van der Waals surface area contributed by atoms with Gasteiger partial charge in [0.2, 0.25) is 0 Å². The molecule has 5 nitrogen and oxygen atoms in total. The number of fused-ring (bicyclic) bond motifs is 1. The van der Waals surface area contributed by atoms with Gasteiger partial charge in [-0.05, 0) is 62.3 Å². The minimum atomic E-state index is 0.0503. The topological polar surface area (TPSA) is 57.0 Å². The minimum Gasteiger partial charge on any atom is -0.490 e. The van der Waals surface area contributed by atoms with Crippen LogP contribution < -0.4 is 4.74 Å². The number of aromatic nitrogens is 3. The molecule has 0 bridgehead atoms. The molecule has 1 saturated carbocycles. The van der Waals surface area contributed by atoms with Gasteiger partial charge in [0.1, 0.15) is 11.6 Å². The zero-order chi connectivity index (χ0) is 22.8. The highest BCUT2D eigenvalue weighted by molar-refractivity contribution is 5.98. The van der Waals surface area contributed by atoms with Gasteiger partial charge >= 0.3 is 0 Å². The Hall–Kier alpha value is -3.47. The number of ketones is 1. The molecule has 0 amide bonds. The summed E-state index contributed by atoms with van der Waals surface area (Å²) in [5.41, 5.74) is 3.61. The van der Waals surface area contributed by atoms with E-state index in [1.807, 2.05) is 56.7 Å². The fraction of sp³-hybridized carbons (Fsp3) is 0.321. The molecular weight excluding hydrogens is 410 g/mol. The molecule has 2 heterocycles. The van der Waals surface area contributed by atoms with E-state index in [9.17, 15) is 4.79 Å². The van der Waals surface area contributed by atoms with E-state index in [4.69, 9.17) is 4.74 Å². The largest absolute Gasteiger partial charge is 0.490 e. The lowest BCUT2D eigenvalue weighted by Crippen LogP contribution is -2.19. The predicted molar refractivity (Wildman–Crippen MR) is 131 cm³/mol. The first kappa shape index (κ1) is 21.4. The van der Waals surface area contributed by atoms with Crippen LogP contribution in [0.4, 0.5) is 0 Å². The number of nitrogens with zero attached hydrogens (tertiary/aromatic N) is 3. The Morgan fingerprint density at radius 2 is 1.85 bits per heavy atom. The van der Waals surface area contributed by atoms with Crippen LogP contribution in [-0.4, -0.2) is 26.4 Å². The summed E-state index contributed by atoms with van der Waals surface area (Å²) in [4.78, 5) is 22.0. The Labute approximate surface area is 194 Å². The van der Waals surface area contributed by atoms with Crippen LogP contribution in [0.5, 0.6) is 5.75 Å². The van der Waals surface area contributed by atoms with Crippen molar-refractivity contribution in [2.45, 2.75) is 51.6 Å². The van der Waals surface area contributed by atoms with Gasteiger partial charge in [0, 0.05) is 35.5 Å². The standard InChI is InChI=1S/C28H29N3O2/c1-19-29-18-27(31(19)2)20-11-12-22-17-30-24(14-23(22)13-20)16-28(32)21-7-6-10-26(15-21)33-25-8-4-3-5-9-25/h6-7,10-15,17-18,25H,3-5,8-9,16H2,1-2H3. The van der Waals surface area contributed by atoms with Crippen LogP contribution in [0, 0.1) is 6.92 Å². The van der Waals surface area contributed by atoms with Crippen molar-refractivity contribution in [3.63, 3.8) is 0 Å². The van der Waals surface area contributed by atoms with E-state index >= 15 is 0 Å². The summed E-state index contributed by atoms with van der Waals surface area (Å²) in [6.45, 7) is 1.99. The van der Waals surface area contributed by atoms with Crippen LogP contribution in [0.15, 0.2) is 60.9 Å². The second kappa shape index (κ2) is 9.18. The fourth-order valence-corrected chi connectivity index (χ4v) is 4.60. The average Bonchev–Trinajstić information content (AvgIpc) is 3.17. The lowest BCUT2D eigenvalue weighted by atomic mass is 9.97. The number of pyridine rings is 1. The molecule has 5 rings (SSSR count). The third-order valence-electron chi connectivity index (χ3n) is 6.65. The number of imidazole rings is 1. The fourth-order valence-electron chi connectivity index (χ4n) is 4.60. The summed E-state index contributed by atoms with van der Waals surface area (Å²) in [7, 11) is 2.02. The number of carbonyl (C=O) groups excluding carboxylic acids is 1. The van der Waals surface area contributed by atoms with Crippen molar-refractivity contribution in [1.29, 1.82) is 0 Å². The van der Waals surface area contributed by atoms with Crippen molar-refractivity contribution < 1.29 is 9.53 Å². The van der Waals surface area contributed by atoms with Crippen LogP contribution in [0.2, 0.25) is 0 Å². The van der Waals surface area contributed by atoms with Gasteiger partial charge in [-0.15, -0.1) is 0 Å². The lowest BCUT2D eigenvalue weighted by Gasteiger charge is -2.23. The molecule has 1 aliphatic rings. The normalized spacial score (nSPS) is 14.5. The molecule has 33 heavy (non-hydrogen) atoms. The van der Waals surface area contributed by atoms with Gasteiger partial charge in [-0.25, -0.2) is 4.98 Å². The Morgan fingerprint density at radius 3 is 2.64 bits per heavy atom. The van der Waals surface area contributed by atoms with Crippen molar-refractivity contribution in [1.82, 2.24) is 14.5 Å². The Morgan fingerprint density at radius 1 is 1.00 bits per heavy atom. The van der Waals surface area contributed by atoms with Crippen LogP contribution >= 0.6 is 0 Å². The van der Waals surface area contributed by atoms with Gasteiger partial charge in [0.15, 0.2) is 5.78 Å². The molecule has 0 aliphatic heterocycles. The maximum atomic E-state index is 13.0. The van der Waals surface area contributed by atoms with Crippen molar-refractivity contribution in [2.75, 3.05) is 0 Å². The van der Waals surface area contributed by atoms with Crippen LogP contribution in [0.3, 0.4) is 0 Å². The Kier molecular flexibility index (Phi) is 5.95. The monoisotopic (exact) mass is 439 g/mol. The van der Waals surface area contributed by atoms with Crippen molar-refractivity contribution in [3.8, 4) is 17.0 Å². The third kappa shape index (κ3) is 4.68. The molecule has 168 valence electrons.